The fourth-order valence-electron chi connectivity index (χ4n) is 1.20. The Labute approximate surface area is 93.8 Å². The number of aromatic nitrogens is 2. The van der Waals surface area contributed by atoms with Crippen LogP contribution in [0, 0.1) is 0 Å². The fraction of sp³-hybridized carbons (Fsp3) is 0.500. The Morgan fingerprint density at radius 2 is 2.12 bits per heavy atom. The summed E-state index contributed by atoms with van der Waals surface area (Å²) in [5, 5.41) is 3.93. The summed E-state index contributed by atoms with van der Waals surface area (Å²) in [6, 6.07) is 1.43. The lowest BCUT2D eigenvalue weighted by Crippen LogP contribution is -2.24. The summed E-state index contributed by atoms with van der Waals surface area (Å²) >= 11 is 0. The van der Waals surface area contributed by atoms with Gasteiger partial charge in [-0.1, -0.05) is 0 Å². The van der Waals surface area contributed by atoms with Gasteiger partial charge in [-0.2, -0.15) is 5.10 Å². The number of aryl methyl sites for hydroxylation is 1. The van der Waals surface area contributed by atoms with E-state index in [0.717, 1.165) is 0 Å². The first-order valence-corrected chi connectivity index (χ1v) is 4.90. The highest BCUT2D eigenvalue weighted by Crippen LogP contribution is 2.06. The van der Waals surface area contributed by atoms with Crippen molar-refractivity contribution in [3.63, 3.8) is 0 Å². The number of carbonyl (C=O) groups excluding carboxylic acids is 2. The molecule has 0 aliphatic rings. The predicted octanol–water partition coefficient (Wildman–Crippen LogP) is 0.299. The molecule has 0 aromatic carbocycles. The van der Waals surface area contributed by atoms with Crippen LogP contribution in [0.5, 0.6) is 0 Å². The van der Waals surface area contributed by atoms with E-state index in [1.54, 1.807) is 28.1 Å². The van der Waals surface area contributed by atoms with Crippen LogP contribution in [0.2, 0.25) is 0 Å². The van der Waals surface area contributed by atoms with E-state index >= 15 is 0 Å². The molecule has 0 saturated carbocycles. The molecule has 1 aromatic rings. The normalized spacial score (nSPS) is 10.0. The zero-order valence-corrected chi connectivity index (χ0v) is 9.85. The molecule has 88 valence electrons. The van der Waals surface area contributed by atoms with E-state index < -0.39 is 5.97 Å². The Bertz CT molecular complexity index is 409. The first-order valence-electron chi connectivity index (χ1n) is 4.90. The van der Waals surface area contributed by atoms with E-state index in [1.165, 1.54) is 15.6 Å². The third kappa shape index (κ3) is 2.39. The zero-order valence-electron chi connectivity index (χ0n) is 9.85. The number of hydrogen-bond acceptors (Lipinski definition) is 4. The minimum Gasteiger partial charge on any atom is -0.461 e. The Hall–Kier alpha value is -1.85. The molecule has 0 bridgehead atoms. The maximum Gasteiger partial charge on any atom is 0.358 e. The summed E-state index contributed by atoms with van der Waals surface area (Å²) in [6.07, 6.45) is 0. The van der Waals surface area contributed by atoms with Gasteiger partial charge in [-0.25, -0.2) is 4.79 Å². The number of rotatable bonds is 3. The first-order chi connectivity index (χ1) is 7.47. The van der Waals surface area contributed by atoms with Crippen molar-refractivity contribution in [1.82, 2.24) is 14.7 Å². The van der Waals surface area contributed by atoms with E-state index in [-0.39, 0.29) is 18.2 Å². The first kappa shape index (κ1) is 12.2. The smallest absolute Gasteiger partial charge is 0.358 e. The molecule has 0 radical (unpaired) electrons. The quantitative estimate of drug-likeness (QED) is 0.694. The summed E-state index contributed by atoms with van der Waals surface area (Å²) in [7, 11) is 4.89. The van der Waals surface area contributed by atoms with Gasteiger partial charge in [0.25, 0.3) is 5.91 Å². The van der Waals surface area contributed by atoms with Crippen molar-refractivity contribution in [2.24, 2.45) is 7.05 Å². The molecule has 0 atom stereocenters. The van der Waals surface area contributed by atoms with Crippen molar-refractivity contribution >= 4 is 11.9 Å². The van der Waals surface area contributed by atoms with Gasteiger partial charge in [0.15, 0.2) is 5.69 Å². The lowest BCUT2D eigenvalue weighted by Gasteiger charge is -2.09. The molecule has 6 heteroatoms. The van der Waals surface area contributed by atoms with E-state index in [2.05, 4.69) is 5.10 Å². The van der Waals surface area contributed by atoms with Gasteiger partial charge in [0.2, 0.25) is 0 Å². The van der Waals surface area contributed by atoms with Crippen LogP contribution in [0.1, 0.15) is 27.9 Å². The molecule has 0 fully saturated rings. The van der Waals surface area contributed by atoms with E-state index in [9.17, 15) is 9.59 Å². The number of ether oxygens (including phenoxy) is 1. The highest BCUT2D eigenvalue weighted by atomic mass is 16.5. The summed E-state index contributed by atoms with van der Waals surface area (Å²) in [5.41, 5.74) is 0.502. The minimum atomic E-state index is -0.518. The lowest BCUT2D eigenvalue weighted by molar-refractivity contribution is 0.0518. The summed E-state index contributed by atoms with van der Waals surface area (Å²) in [6.45, 7) is 2.00. The maximum atomic E-state index is 11.7. The Morgan fingerprint density at radius 1 is 1.50 bits per heavy atom. The molecule has 1 aromatic heterocycles. The Morgan fingerprint density at radius 3 is 2.62 bits per heavy atom. The summed E-state index contributed by atoms with van der Waals surface area (Å²) in [4.78, 5) is 24.5. The van der Waals surface area contributed by atoms with Gasteiger partial charge in [-0.05, 0) is 6.92 Å². The highest BCUT2D eigenvalue weighted by Gasteiger charge is 2.19. The van der Waals surface area contributed by atoms with Crippen LogP contribution in [0.25, 0.3) is 0 Å². The third-order valence-electron chi connectivity index (χ3n) is 1.99. The second kappa shape index (κ2) is 4.78. The van der Waals surface area contributed by atoms with Crippen LogP contribution in [0.3, 0.4) is 0 Å². The van der Waals surface area contributed by atoms with Crippen LogP contribution < -0.4 is 0 Å². The number of nitrogens with zero attached hydrogens (tertiary/aromatic N) is 3. The largest absolute Gasteiger partial charge is 0.461 e. The van der Waals surface area contributed by atoms with Crippen LogP contribution in [-0.2, 0) is 11.8 Å². The third-order valence-corrected chi connectivity index (χ3v) is 1.99. The molecule has 1 heterocycles. The molecule has 0 N–H and O–H groups in total. The van der Waals surface area contributed by atoms with Crippen LogP contribution in [0.15, 0.2) is 6.07 Å². The molecule has 1 amide bonds. The molecule has 0 unspecified atom stereocenters. The second-order valence-corrected chi connectivity index (χ2v) is 3.46. The van der Waals surface area contributed by atoms with Crippen LogP contribution >= 0.6 is 0 Å². The number of carbonyl (C=O) groups is 2. The van der Waals surface area contributed by atoms with Gasteiger partial charge >= 0.3 is 5.97 Å². The van der Waals surface area contributed by atoms with Gasteiger partial charge in [-0.15, -0.1) is 0 Å². The molecule has 0 spiro atoms. The molecule has 0 aliphatic heterocycles. The second-order valence-electron chi connectivity index (χ2n) is 3.46. The number of amides is 1. The molecular formula is C10H15N3O3. The monoisotopic (exact) mass is 225 g/mol. The molecule has 0 saturated heterocycles. The number of hydrogen-bond donors (Lipinski definition) is 0. The lowest BCUT2D eigenvalue weighted by atomic mass is 10.3. The van der Waals surface area contributed by atoms with E-state index in [1.807, 2.05) is 0 Å². The molecule has 6 nitrogen and oxygen atoms in total. The molecule has 16 heavy (non-hydrogen) atoms. The van der Waals surface area contributed by atoms with Crippen molar-refractivity contribution in [3.8, 4) is 0 Å². The van der Waals surface area contributed by atoms with Crippen molar-refractivity contribution < 1.29 is 14.3 Å². The van der Waals surface area contributed by atoms with Crippen molar-refractivity contribution in [1.29, 1.82) is 0 Å². The topological polar surface area (TPSA) is 64.4 Å². The predicted molar refractivity (Wildman–Crippen MR) is 57.2 cm³/mol. The summed E-state index contributed by atoms with van der Waals surface area (Å²) < 4.78 is 6.17. The summed E-state index contributed by atoms with van der Waals surface area (Å²) in [5.74, 6) is -0.721. The highest BCUT2D eigenvalue weighted by molar-refractivity contribution is 5.95. The van der Waals surface area contributed by atoms with E-state index in [0.29, 0.717) is 5.69 Å². The molecule has 1 rings (SSSR count). The van der Waals surface area contributed by atoms with Gasteiger partial charge in [0, 0.05) is 27.2 Å². The molecular weight excluding hydrogens is 210 g/mol. The van der Waals surface area contributed by atoms with Crippen molar-refractivity contribution in [2.75, 3.05) is 20.7 Å². The molecule has 0 aliphatic carbocycles. The van der Waals surface area contributed by atoms with Gasteiger partial charge in [0.05, 0.1) is 6.61 Å². The van der Waals surface area contributed by atoms with Gasteiger partial charge < -0.3 is 9.64 Å². The van der Waals surface area contributed by atoms with Crippen LogP contribution in [-0.4, -0.2) is 47.3 Å². The standard InChI is InChI=1S/C10H15N3O3/c1-5-16-10(15)7-6-8(13(4)11-7)9(14)12(2)3/h6H,5H2,1-4H3. The fourth-order valence-corrected chi connectivity index (χ4v) is 1.20. The average molecular weight is 225 g/mol. The SMILES string of the molecule is CCOC(=O)c1cc(C(=O)N(C)C)n(C)n1. The minimum absolute atomic E-state index is 0.148. The van der Waals surface area contributed by atoms with Crippen LogP contribution in [0.4, 0.5) is 0 Å². The van der Waals surface area contributed by atoms with Crippen molar-refractivity contribution in [3.05, 3.63) is 17.5 Å². The Kier molecular flexibility index (Phi) is 3.65. The maximum absolute atomic E-state index is 11.7. The zero-order chi connectivity index (χ0) is 12.3. The van der Waals surface area contributed by atoms with Crippen molar-refractivity contribution in [2.45, 2.75) is 6.92 Å². The van der Waals surface area contributed by atoms with Gasteiger partial charge in [0.1, 0.15) is 5.69 Å². The average Bonchev–Trinajstić information content (AvgIpc) is 2.59. The van der Waals surface area contributed by atoms with Gasteiger partial charge in [-0.3, -0.25) is 9.48 Å². The van der Waals surface area contributed by atoms with E-state index in [4.69, 9.17) is 4.74 Å². The Balaban J connectivity index is 2.98. The number of esters is 1.